The molecule has 0 radical (unpaired) electrons. The van der Waals surface area contributed by atoms with E-state index in [4.69, 9.17) is 24.1 Å². The van der Waals surface area contributed by atoms with Crippen LogP contribution in [0.5, 0.6) is 17.2 Å². The number of nitrogens with zero attached hydrogens (tertiary/aromatic N) is 1. The average Bonchev–Trinajstić information content (AvgIpc) is 2.98. The van der Waals surface area contributed by atoms with E-state index in [-0.39, 0.29) is 47.7 Å². The zero-order chi connectivity index (χ0) is 28.3. The summed E-state index contributed by atoms with van der Waals surface area (Å²) in [6.45, 7) is 9.28. The number of esters is 1. The maximum atomic E-state index is 11.8. The van der Waals surface area contributed by atoms with Crippen molar-refractivity contribution in [3.05, 3.63) is 85.4 Å². The van der Waals surface area contributed by atoms with Gasteiger partial charge in [-0.3, -0.25) is 9.59 Å². The first-order valence-electron chi connectivity index (χ1n) is 11.8. The van der Waals surface area contributed by atoms with E-state index >= 15 is 0 Å². The van der Waals surface area contributed by atoms with E-state index < -0.39 is 6.04 Å². The molecule has 10 heteroatoms. The standard InChI is InChI=1S/C15H21NO4.C7H7NO3.C6H8O/c1-11-8-13(20-12-6-4-3-5-7-12)9-18-10-14(16-2)15(17)19-11;1-11-6-2-3-8-5(4-9)7(6)10;1-3-5-6(7)4-2/h3-7,11,13-14,16H,8-10H2,1-2H3;2-4,10H,1H3;3-5,7H,1-2H2/b;;6-5+/t11?,13?,14-;;/m0../s1. The second-order valence-electron chi connectivity index (χ2n) is 7.81. The van der Waals surface area contributed by atoms with Crippen LogP contribution in [0.15, 0.2) is 79.7 Å². The van der Waals surface area contributed by atoms with Gasteiger partial charge in [0.25, 0.3) is 0 Å². The molecule has 3 N–H and O–H groups in total. The fourth-order valence-corrected chi connectivity index (χ4v) is 3.02. The Kier molecular flexibility index (Phi) is 15.2. The molecule has 2 heterocycles. The number of aromatic nitrogens is 1. The van der Waals surface area contributed by atoms with E-state index in [1.807, 2.05) is 37.3 Å². The Labute approximate surface area is 223 Å². The van der Waals surface area contributed by atoms with Crippen LogP contribution in [-0.2, 0) is 14.3 Å². The Bertz CT molecular complexity index is 1040. The van der Waals surface area contributed by atoms with Gasteiger partial charge in [-0.05, 0) is 38.3 Å². The quantitative estimate of drug-likeness (QED) is 0.211. The van der Waals surface area contributed by atoms with Crippen LogP contribution in [0.2, 0.25) is 0 Å². The number of aromatic hydroxyl groups is 1. The number of methoxy groups -OCH3 is 1. The van der Waals surface area contributed by atoms with Crippen LogP contribution < -0.4 is 14.8 Å². The van der Waals surface area contributed by atoms with Crippen LogP contribution in [0.4, 0.5) is 0 Å². The van der Waals surface area contributed by atoms with E-state index in [0.29, 0.717) is 19.3 Å². The molecule has 3 atom stereocenters. The summed E-state index contributed by atoms with van der Waals surface area (Å²) in [6, 6.07) is 10.6. The molecule has 206 valence electrons. The molecule has 0 amide bonds. The topological polar surface area (TPSA) is 136 Å². The molecule has 0 bridgehead atoms. The van der Waals surface area contributed by atoms with Crippen molar-refractivity contribution in [3.8, 4) is 17.2 Å². The van der Waals surface area contributed by atoms with E-state index in [0.717, 1.165) is 5.75 Å². The second kappa shape index (κ2) is 18.1. The summed E-state index contributed by atoms with van der Waals surface area (Å²) in [5, 5.41) is 20.6. The number of rotatable bonds is 7. The lowest BCUT2D eigenvalue weighted by Gasteiger charge is -2.21. The van der Waals surface area contributed by atoms with Crippen molar-refractivity contribution >= 4 is 12.3 Å². The van der Waals surface area contributed by atoms with Gasteiger partial charge < -0.3 is 34.5 Å². The minimum atomic E-state index is -0.423. The number of allylic oxidation sites excluding steroid dienone is 3. The number of cyclic esters (lactones) is 1. The van der Waals surface area contributed by atoms with Crippen molar-refractivity contribution in [2.45, 2.75) is 31.6 Å². The number of aliphatic hydroxyl groups excluding tert-OH is 1. The van der Waals surface area contributed by atoms with Gasteiger partial charge in [-0.1, -0.05) is 37.4 Å². The van der Waals surface area contributed by atoms with Gasteiger partial charge in [0.1, 0.15) is 35.5 Å². The molecule has 1 aromatic heterocycles. The average molecular weight is 529 g/mol. The number of hydrogen-bond donors (Lipinski definition) is 3. The van der Waals surface area contributed by atoms with Crippen molar-refractivity contribution in [2.75, 3.05) is 27.4 Å². The monoisotopic (exact) mass is 528 g/mol. The number of pyridine rings is 1. The molecular weight excluding hydrogens is 492 g/mol. The molecule has 1 aliphatic rings. The highest BCUT2D eigenvalue weighted by atomic mass is 16.6. The third-order valence-electron chi connectivity index (χ3n) is 4.92. The fraction of sp³-hybridized carbons (Fsp3) is 0.321. The van der Waals surface area contributed by atoms with Gasteiger partial charge in [-0.15, -0.1) is 0 Å². The van der Waals surface area contributed by atoms with Crippen LogP contribution in [0.3, 0.4) is 0 Å². The number of benzene rings is 1. The van der Waals surface area contributed by atoms with Crippen molar-refractivity contribution in [3.63, 3.8) is 0 Å². The maximum Gasteiger partial charge on any atom is 0.325 e. The number of ether oxygens (including phenoxy) is 4. The van der Waals surface area contributed by atoms with Gasteiger partial charge in [0.2, 0.25) is 0 Å². The van der Waals surface area contributed by atoms with Gasteiger partial charge in [0.05, 0.1) is 20.3 Å². The Balaban J connectivity index is 0.000000336. The molecule has 1 aromatic carbocycles. The summed E-state index contributed by atoms with van der Waals surface area (Å²) >= 11 is 0. The van der Waals surface area contributed by atoms with Crippen LogP contribution >= 0.6 is 0 Å². The molecule has 10 nitrogen and oxygen atoms in total. The van der Waals surface area contributed by atoms with Crippen molar-refractivity contribution < 1.29 is 38.7 Å². The first kappa shape index (κ1) is 31.9. The Hall–Kier alpha value is -4.15. The molecule has 3 rings (SSSR count). The lowest BCUT2D eigenvalue weighted by atomic mass is 10.2. The minimum absolute atomic E-state index is 0.00986. The lowest BCUT2D eigenvalue weighted by molar-refractivity contribution is -0.151. The highest BCUT2D eigenvalue weighted by Gasteiger charge is 2.26. The van der Waals surface area contributed by atoms with E-state index in [1.54, 1.807) is 7.05 Å². The lowest BCUT2D eigenvalue weighted by Crippen LogP contribution is -2.40. The summed E-state index contributed by atoms with van der Waals surface area (Å²) in [5.74, 6) is 0.700. The Morgan fingerprint density at radius 2 is 1.92 bits per heavy atom. The molecule has 2 unspecified atom stereocenters. The Morgan fingerprint density at radius 3 is 2.47 bits per heavy atom. The molecule has 0 spiro atoms. The third-order valence-corrected chi connectivity index (χ3v) is 4.92. The smallest absolute Gasteiger partial charge is 0.325 e. The van der Waals surface area contributed by atoms with Crippen LogP contribution in [0.25, 0.3) is 0 Å². The van der Waals surface area contributed by atoms with Gasteiger partial charge in [0, 0.05) is 18.7 Å². The summed E-state index contributed by atoms with van der Waals surface area (Å²) in [6.07, 6.45) is 6.45. The highest BCUT2D eigenvalue weighted by Crippen LogP contribution is 2.25. The number of aliphatic hydroxyl groups is 1. The van der Waals surface area contributed by atoms with Crippen molar-refractivity contribution in [2.24, 2.45) is 0 Å². The zero-order valence-electron chi connectivity index (χ0n) is 21.9. The first-order valence-corrected chi connectivity index (χ1v) is 11.8. The van der Waals surface area contributed by atoms with Gasteiger partial charge >= 0.3 is 5.97 Å². The first-order chi connectivity index (χ1) is 18.3. The normalized spacial score (nSPS) is 19.3. The number of carbonyl (C=O) groups is 2. The summed E-state index contributed by atoms with van der Waals surface area (Å²) in [5.41, 5.74) is -0.00986. The number of nitrogens with one attached hydrogen (secondary N) is 1. The number of hydrogen-bond acceptors (Lipinski definition) is 10. The molecule has 0 saturated carbocycles. The van der Waals surface area contributed by atoms with E-state index in [2.05, 4.69) is 23.5 Å². The number of para-hydroxylation sites is 1. The Morgan fingerprint density at radius 1 is 1.21 bits per heavy atom. The van der Waals surface area contributed by atoms with Gasteiger partial charge in [-0.2, -0.15) is 0 Å². The number of aldehydes is 1. The molecule has 1 aliphatic heterocycles. The van der Waals surface area contributed by atoms with E-state index in [1.165, 1.54) is 37.6 Å². The second-order valence-corrected chi connectivity index (χ2v) is 7.81. The summed E-state index contributed by atoms with van der Waals surface area (Å²) in [7, 11) is 3.12. The van der Waals surface area contributed by atoms with Crippen LogP contribution in [0, 0.1) is 0 Å². The van der Waals surface area contributed by atoms with Crippen LogP contribution in [0.1, 0.15) is 23.8 Å². The molecule has 0 aliphatic carbocycles. The highest BCUT2D eigenvalue weighted by molar-refractivity contribution is 5.77. The molecule has 2 aromatic rings. The number of carbonyl (C=O) groups excluding carboxylic acids is 2. The predicted molar refractivity (Wildman–Crippen MR) is 144 cm³/mol. The minimum Gasteiger partial charge on any atom is -0.508 e. The fourth-order valence-electron chi connectivity index (χ4n) is 3.02. The van der Waals surface area contributed by atoms with Gasteiger partial charge in [-0.25, -0.2) is 4.98 Å². The molecule has 38 heavy (non-hydrogen) atoms. The van der Waals surface area contributed by atoms with Gasteiger partial charge in [0.15, 0.2) is 17.8 Å². The third kappa shape index (κ3) is 11.7. The predicted octanol–water partition coefficient (Wildman–Crippen LogP) is 3.78. The largest absolute Gasteiger partial charge is 0.508 e. The summed E-state index contributed by atoms with van der Waals surface area (Å²) in [4.78, 5) is 25.6. The molecule has 1 saturated heterocycles. The van der Waals surface area contributed by atoms with Crippen molar-refractivity contribution in [1.82, 2.24) is 10.3 Å². The SMILES string of the molecule is C=C/C=C(/O)C=C.CN[C@H]1COCC(Oc2ccccc2)CC(C)OC1=O.COc1ccnc(C=O)c1O. The summed E-state index contributed by atoms with van der Waals surface area (Å²) < 4.78 is 21.6. The van der Waals surface area contributed by atoms with Crippen molar-refractivity contribution in [1.29, 1.82) is 0 Å². The molecule has 1 fully saturated rings. The van der Waals surface area contributed by atoms with E-state index in [9.17, 15) is 14.7 Å². The maximum absolute atomic E-state index is 11.8. The van der Waals surface area contributed by atoms with Crippen LogP contribution in [-0.4, -0.2) is 73.1 Å². The zero-order valence-corrected chi connectivity index (χ0v) is 21.9. The molecular formula is C28H36N2O8. The number of likely N-dealkylation sites (N-methyl/N-ethyl adjacent to an activating group) is 1.